The summed E-state index contributed by atoms with van der Waals surface area (Å²) in [5, 5.41) is 13.0. The Morgan fingerprint density at radius 1 is 1.59 bits per heavy atom. The van der Waals surface area contributed by atoms with E-state index in [2.05, 4.69) is 15.5 Å². The Hall–Kier alpha value is -1.93. The van der Waals surface area contributed by atoms with E-state index < -0.39 is 0 Å². The summed E-state index contributed by atoms with van der Waals surface area (Å²) in [5.41, 5.74) is 0. The maximum absolute atomic E-state index is 12.4. The van der Waals surface area contributed by atoms with Crippen molar-refractivity contribution in [3.8, 4) is 0 Å². The van der Waals surface area contributed by atoms with Crippen LogP contribution >= 0.6 is 11.3 Å². The van der Waals surface area contributed by atoms with Crippen LogP contribution in [0, 0.1) is 0 Å². The van der Waals surface area contributed by atoms with Crippen molar-refractivity contribution in [1.82, 2.24) is 25.0 Å². The summed E-state index contributed by atoms with van der Waals surface area (Å²) >= 11 is 1.64. The molecule has 1 aliphatic heterocycles. The molecule has 0 unspecified atom stereocenters. The molecule has 8 heteroatoms. The van der Waals surface area contributed by atoms with Gasteiger partial charge in [0.05, 0.1) is 19.2 Å². The molecule has 2 aromatic heterocycles. The van der Waals surface area contributed by atoms with Crippen LogP contribution < -0.4 is 5.32 Å². The Labute approximate surface area is 132 Å². The molecule has 1 saturated heterocycles. The zero-order chi connectivity index (χ0) is 15.5. The molecule has 2 atom stereocenters. The van der Waals surface area contributed by atoms with Gasteiger partial charge in [-0.3, -0.25) is 0 Å². The Kier molecular flexibility index (Phi) is 4.39. The van der Waals surface area contributed by atoms with Crippen molar-refractivity contribution >= 4 is 17.4 Å². The van der Waals surface area contributed by atoms with Gasteiger partial charge in [-0.15, -0.1) is 21.5 Å². The molecule has 1 aliphatic rings. The van der Waals surface area contributed by atoms with Crippen molar-refractivity contribution < 1.29 is 9.53 Å². The van der Waals surface area contributed by atoms with Crippen LogP contribution in [0.4, 0.5) is 4.79 Å². The highest BCUT2D eigenvalue weighted by atomic mass is 32.1. The lowest BCUT2D eigenvalue weighted by Gasteiger charge is -2.33. The minimum Gasteiger partial charge on any atom is -0.366 e. The largest absolute Gasteiger partial charge is 0.366 e. The van der Waals surface area contributed by atoms with Crippen molar-refractivity contribution in [3.05, 3.63) is 34.5 Å². The van der Waals surface area contributed by atoms with Crippen LogP contribution in [-0.4, -0.2) is 45.4 Å². The van der Waals surface area contributed by atoms with Gasteiger partial charge in [0.15, 0.2) is 5.82 Å². The van der Waals surface area contributed by atoms with E-state index in [1.807, 2.05) is 36.1 Å². The topological polar surface area (TPSA) is 72.3 Å². The van der Waals surface area contributed by atoms with Crippen LogP contribution in [-0.2, 0) is 11.8 Å². The zero-order valence-corrected chi connectivity index (χ0v) is 13.4. The van der Waals surface area contributed by atoms with Gasteiger partial charge >= 0.3 is 6.03 Å². The fraction of sp³-hybridized carbons (Fsp3) is 0.500. The average molecular weight is 321 g/mol. The van der Waals surface area contributed by atoms with Gasteiger partial charge in [0.1, 0.15) is 12.4 Å². The van der Waals surface area contributed by atoms with Crippen LogP contribution in [0.15, 0.2) is 23.8 Å². The average Bonchev–Trinajstić information content (AvgIpc) is 3.18. The predicted octanol–water partition coefficient (Wildman–Crippen LogP) is 1.72. The maximum atomic E-state index is 12.4. The molecule has 7 nitrogen and oxygen atoms in total. The molecule has 2 amide bonds. The van der Waals surface area contributed by atoms with Gasteiger partial charge < -0.3 is 19.5 Å². The molecular weight excluding hydrogens is 302 g/mol. The number of hydrogen-bond acceptors (Lipinski definition) is 5. The van der Waals surface area contributed by atoms with E-state index in [0.29, 0.717) is 19.7 Å². The fourth-order valence-electron chi connectivity index (χ4n) is 2.46. The fourth-order valence-corrected chi connectivity index (χ4v) is 3.19. The van der Waals surface area contributed by atoms with E-state index in [0.717, 1.165) is 10.7 Å². The van der Waals surface area contributed by atoms with Gasteiger partial charge in [0, 0.05) is 18.5 Å². The second-order valence-corrected chi connectivity index (χ2v) is 6.27. The molecule has 0 saturated carbocycles. The standard InChI is InChI=1S/C14H19N5O2S/c1-10(12-4-3-7-22-12)16-14(20)19-5-6-21-11(8-19)13-17-15-9-18(13)2/h3-4,7,9-11H,5-6,8H2,1-2H3,(H,16,20)/t10-,11-/m0/s1. The van der Waals surface area contributed by atoms with Crippen LogP contribution in [0.3, 0.4) is 0 Å². The van der Waals surface area contributed by atoms with E-state index in [1.54, 1.807) is 22.6 Å². The van der Waals surface area contributed by atoms with Crippen molar-refractivity contribution in [2.24, 2.45) is 7.05 Å². The Bertz CT molecular complexity index is 627. The normalized spacial score (nSPS) is 19.9. The van der Waals surface area contributed by atoms with Gasteiger partial charge in [-0.25, -0.2) is 4.79 Å². The summed E-state index contributed by atoms with van der Waals surface area (Å²) in [6.45, 7) is 3.55. The van der Waals surface area contributed by atoms with E-state index in [9.17, 15) is 4.79 Å². The Morgan fingerprint density at radius 3 is 3.14 bits per heavy atom. The second kappa shape index (κ2) is 6.45. The SMILES string of the molecule is C[C@H](NC(=O)N1CCO[C@H](c2nncn2C)C1)c1cccs1. The van der Waals surface area contributed by atoms with Gasteiger partial charge in [-0.2, -0.15) is 0 Å². The number of nitrogens with one attached hydrogen (secondary N) is 1. The molecule has 22 heavy (non-hydrogen) atoms. The van der Waals surface area contributed by atoms with Crippen molar-refractivity contribution in [1.29, 1.82) is 0 Å². The first-order valence-electron chi connectivity index (χ1n) is 7.19. The highest BCUT2D eigenvalue weighted by molar-refractivity contribution is 7.10. The summed E-state index contributed by atoms with van der Waals surface area (Å²) < 4.78 is 7.54. The number of carbonyl (C=O) groups excluding carboxylic acids is 1. The third-order valence-electron chi connectivity index (χ3n) is 3.70. The summed E-state index contributed by atoms with van der Waals surface area (Å²) in [5.74, 6) is 0.740. The highest BCUT2D eigenvalue weighted by Gasteiger charge is 2.28. The number of urea groups is 1. The van der Waals surface area contributed by atoms with Crippen molar-refractivity contribution in [2.75, 3.05) is 19.7 Å². The molecule has 118 valence electrons. The Balaban J connectivity index is 1.62. The summed E-state index contributed by atoms with van der Waals surface area (Å²) in [6, 6.07) is 3.94. The number of amides is 2. The first-order chi connectivity index (χ1) is 10.6. The number of aromatic nitrogens is 3. The molecule has 2 aromatic rings. The summed E-state index contributed by atoms with van der Waals surface area (Å²) in [6.07, 6.45) is 1.40. The van der Waals surface area contributed by atoms with E-state index in [4.69, 9.17) is 4.74 Å². The number of hydrogen-bond donors (Lipinski definition) is 1. The van der Waals surface area contributed by atoms with Crippen molar-refractivity contribution in [3.63, 3.8) is 0 Å². The lowest BCUT2D eigenvalue weighted by atomic mass is 10.2. The molecule has 3 heterocycles. The van der Waals surface area contributed by atoms with Gasteiger partial charge in [0.2, 0.25) is 0 Å². The van der Waals surface area contributed by atoms with E-state index >= 15 is 0 Å². The first kappa shape index (κ1) is 15.0. The lowest BCUT2D eigenvalue weighted by molar-refractivity contribution is -0.0217. The number of nitrogens with zero attached hydrogens (tertiary/aromatic N) is 4. The summed E-state index contributed by atoms with van der Waals surface area (Å²) in [7, 11) is 1.87. The minimum absolute atomic E-state index is 0.00335. The lowest BCUT2D eigenvalue weighted by Crippen LogP contribution is -2.48. The molecule has 0 aromatic carbocycles. The number of rotatable bonds is 3. The van der Waals surface area contributed by atoms with Crippen LogP contribution in [0.2, 0.25) is 0 Å². The van der Waals surface area contributed by atoms with Crippen LogP contribution in [0.1, 0.15) is 29.8 Å². The molecular formula is C14H19N5O2S. The number of morpholine rings is 1. The van der Waals surface area contributed by atoms with Gasteiger partial charge in [-0.1, -0.05) is 6.07 Å². The third kappa shape index (κ3) is 3.12. The number of thiophene rings is 1. The van der Waals surface area contributed by atoms with Crippen LogP contribution in [0.25, 0.3) is 0 Å². The predicted molar refractivity (Wildman–Crippen MR) is 82.5 cm³/mol. The van der Waals surface area contributed by atoms with E-state index in [1.165, 1.54) is 0 Å². The van der Waals surface area contributed by atoms with Crippen LogP contribution in [0.5, 0.6) is 0 Å². The number of carbonyl (C=O) groups is 1. The number of aryl methyl sites for hydroxylation is 1. The molecule has 0 spiro atoms. The quantitative estimate of drug-likeness (QED) is 0.934. The van der Waals surface area contributed by atoms with E-state index in [-0.39, 0.29) is 18.2 Å². The monoisotopic (exact) mass is 321 g/mol. The summed E-state index contributed by atoms with van der Waals surface area (Å²) in [4.78, 5) is 15.3. The molecule has 0 bridgehead atoms. The molecule has 1 N–H and O–H groups in total. The highest BCUT2D eigenvalue weighted by Crippen LogP contribution is 2.21. The smallest absolute Gasteiger partial charge is 0.318 e. The molecule has 3 rings (SSSR count). The molecule has 0 aliphatic carbocycles. The minimum atomic E-state index is -0.232. The Morgan fingerprint density at radius 2 is 2.45 bits per heavy atom. The van der Waals surface area contributed by atoms with Gasteiger partial charge in [-0.05, 0) is 18.4 Å². The molecule has 1 fully saturated rings. The first-order valence-corrected chi connectivity index (χ1v) is 8.07. The zero-order valence-electron chi connectivity index (χ0n) is 12.6. The van der Waals surface area contributed by atoms with Gasteiger partial charge in [0.25, 0.3) is 0 Å². The molecule has 0 radical (unpaired) electrons. The third-order valence-corrected chi connectivity index (χ3v) is 4.75. The maximum Gasteiger partial charge on any atom is 0.318 e. The second-order valence-electron chi connectivity index (χ2n) is 5.29. The van der Waals surface area contributed by atoms with Crippen molar-refractivity contribution in [2.45, 2.75) is 19.1 Å². The number of ether oxygens (including phenoxy) is 1.